The van der Waals surface area contributed by atoms with Crippen molar-refractivity contribution in [3.05, 3.63) is 42.2 Å². The lowest BCUT2D eigenvalue weighted by atomic mass is 9.99. The van der Waals surface area contributed by atoms with Crippen LogP contribution in [0.2, 0.25) is 0 Å². The van der Waals surface area contributed by atoms with E-state index in [1.807, 2.05) is 30.5 Å². The van der Waals surface area contributed by atoms with Crippen molar-refractivity contribution < 1.29 is 9.84 Å². The number of likely N-dealkylation sites (N-methyl/N-ethyl adjacent to an activating group) is 1. The number of ether oxygens (including phenoxy) is 1. The predicted molar refractivity (Wildman–Crippen MR) is 78.6 cm³/mol. The third-order valence-electron chi connectivity index (χ3n) is 3.99. The maximum Gasteiger partial charge on any atom is 0.108 e. The van der Waals surface area contributed by atoms with E-state index in [1.54, 1.807) is 6.20 Å². The molecule has 2 unspecified atom stereocenters. The smallest absolute Gasteiger partial charge is 0.108 e. The van der Waals surface area contributed by atoms with Crippen molar-refractivity contribution in [1.82, 2.24) is 9.88 Å². The molecule has 1 aromatic heterocycles. The summed E-state index contributed by atoms with van der Waals surface area (Å²) in [6.45, 7) is 5.50. The quantitative estimate of drug-likeness (QED) is 0.928. The minimum atomic E-state index is -0.636. The number of aliphatic hydroxyl groups is 1. The molecule has 4 nitrogen and oxygen atoms in total. The van der Waals surface area contributed by atoms with E-state index in [4.69, 9.17) is 4.74 Å². The first-order valence-corrected chi connectivity index (χ1v) is 7.14. The zero-order valence-corrected chi connectivity index (χ0v) is 11.7. The van der Waals surface area contributed by atoms with Crippen LogP contribution in [0, 0.1) is 0 Å². The lowest BCUT2D eigenvalue weighted by Crippen LogP contribution is -2.44. The fourth-order valence-electron chi connectivity index (χ4n) is 2.79. The highest BCUT2D eigenvalue weighted by molar-refractivity contribution is 5.84. The zero-order valence-electron chi connectivity index (χ0n) is 11.7. The van der Waals surface area contributed by atoms with Crippen LogP contribution in [0.15, 0.2) is 36.7 Å². The number of hydrogen-bond acceptors (Lipinski definition) is 4. The van der Waals surface area contributed by atoms with E-state index in [0.29, 0.717) is 6.61 Å². The highest BCUT2D eigenvalue weighted by Crippen LogP contribution is 2.27. The average Bonchev–Trinajstić information content (AvgIpc) is 2.53. The molecule has 2 heterocycles. The Morgan fingerprint density at radius 2 is 2.25 bits per heavy atom. The molecular formula is C16H20N2O2. The second kappa shape index (κ2) is 5.87. The van der Waals surface area contributed by atoms with Crippen LogP contribution >= 0.6 is 0 Å². The molecule has 0 aliphatic carbocycles. The Labute approximate surface area is 119 Å². The third-order valence-corrected chi connectivity index (χ3v) is 3.99. The van der Waals surface area contributed by atoms with Crippen LogP contribution in [0.5, 0.6) is 0 Å². The first-order chi connectivity index (χ1) is 9.79. The SMILES string of the molecule is CCN1CCOC(C(O)c2cncc3ccccc23)C1. The molecule has 1 saturated heterocycles. The van der Waals surface area contributed by atoms with Gasteiger partial charge in [-0.25, -0.2) is 0 Å². The van der Waals surface area contributed by atoms with E-state index in [0.717, 1.165) is 36.0 Å². The molecule has 0 bridgehead atoms. The summed E-state index contributed by atoms with van der Waals surface area (Å²) in [6, 6.07) is 8.00. The van der Waals surface area contributed by atoms with Crippen molar-refractivity contribution in [2.75, 3.05) is 26.2 Å². The van der Waals surface area contributed by atoms with Gasteiger partial charge in [-0.05, 0) is 11.9 Å². The molecule has 0 saturated carbocycles. The Hall–Kier alpha value is -1.49. The number of morpholine rings is 1. The molecule has 3 rings (SSSR count). The van der Waals surface area contributed by atoms with Crippen LogP contribution in [0.25, 0.3) is 10.8 Å². The molecule has 1 N–H and O–H groups in total. The van der Waals surface area contributed by atoms with Crippen molar-refractivity contribution in [3.8, 4) is 0 Å². The van der Waals surface area contributed by atoms with Gasteiger partial charge in [0.05, 0.1) is 6.61 Å². The number of pyridine rings is 1. The molecule has 0 spiro atoms. The summed E-state index contributed by atoms with van der Waals surface area (Å²) < 4.78 is 5.76. The van der Waals surface area contributed by atoms with Crippen molar-refractivity contribution >= 4 is 10.8 Å². The van der Waals surface area contributed by atoms with Gasteiger partial charge in [-0.2, -0.15) is 0 Å². The van der Waals surface area contributed by atoms with Crippen LogP contribution < -0.4 is 0 Å². The molecule has 1 aromatic carbocycles. The van der Waals surface area contributed by atoms with Crippen LogP contribution in [-0.2, 0) is 4.74 Å². The number of rotatable bonds is 3. The number of aliphatic hydroxyl groups excluding tert-OH is 1. The van der Waals surface area contributed by atoms with E-state index in [9.17, 15) is 5.11 Å². The Morgan fingerprint density at radius 3 is 3.10 bits per heavy atom. The maximum atomic E-state index is 10.7. The van der Waals surface area contributed by atoms with Gasteiger partial charge in [-0.15, -0.1) is 0 Å². The van der Waals surface area contributed by atoms with Crippen LogP contribution in [-0.4, -0.2) is 47.3 Å². The monoisotopic (exact) mass is 272 g/mol. The molecule has 1 aliphatic heterocycles. The number of benzene rings is 1. The third kappa shape index (κ3) is 2.54. The lowest BCUT2D eigenvalue weighted by molar-refractivity contribution is -0.0885. The van der Waals surface area contributed by atoms with Gasteiger partial charge in [0.15, 0.2) is 0 Å². The number of aromatic nitrogens is 1. The number of hydrogen-bond donors (Lipinski definition) is 1. The summed E-state index contributed by atoms with van der Waals surface area (Å²) in [5.41, 5.74) is 0.853. The van der Waals surface area contributed by atoms with Gasteiger partial charge in [0.1, 0.15) is 12.2 Å². The Kier molecular flexibility index (Phi) is 3.96. The van der Waals surface area contributed by atoms with Gasteiger partial charge in [0.25, 0.3) is 0 Å². The van der Waals surface area contributed by atoms with Gasteiger partial charge in [0, 0.05) is 36.4 Å². The molecule has 4 heteroatoms. The summed E-state index contributed by atoms with van der Waals surface area (Å²) >= 11 is 0. The summed E-state index contributed by atoms with van der Waals surface area (Å²) in [5.74, 6) is 0. The minimum Gasteiger partial charge on any atom is -0.386 e. The first-order valence-electron chi connectivity index (χ1n) is 7.14. The number of nitrogens with zero attached hydrogens (tertiary/aromatic N) is 2. The van der Waals surface area contributed by atoms with E-state index < -0.39 is 6.10 Å². The first kappa shape index (κ1) is 13.5. The Morgan fingerprint density at radius 1 is 1.40 bits per heavy atom. The van der Waals surface area contributed by atoms with Gasteiger partial charge >= 0.3 is 0 Å². The van der Waals surface area contributed by atoms with Crippen molar-refractivity contribution in [2.45, 2.75) is 19.1 Å². The van der Waals surface area contributed by atoms with Crippen LogP contribution in [0.3, 0.4) is 0 Å². The standard InChI is InChI=1S/C16H20N2O2/c1-2-18-7-8-20-15(11-18)16(19)14-10-17-9-12-5-3-4-6-13(12)14/h3-6,9-10,15-16,19H,2,7-8,11H2,1H3. The maximum absolute atomic E-state index is 10.7. The van der Waals surface area contributed by atoms with E-state index in [1.165, 1.54) is 0 Å². The van der Waals surface area contributed by atoms with Gasteiger partial charge in [-0.1, -0.05) is 31.2 Å². The molecule has 2 atom stereocenters. The lowest BCUT2D eigenvalue weighted by Gasteiger charge is -2.34. The normalized spacial score (nSPS) is 22.0. The van der Waals surface area contributed by atoms with E-state index in [-0.39, 0.29) is 6.10 Å². The average molecular weight is 272 g/mol. The summed E-state index contributed by atoms with van der Waals surface area (Å²) in [7, 11) is 0. The van der Waals surface area contributed by atoms with Gasteiger partial charge in [0.2, 0.25) is 0 Å². The Balaban J connectivity index is 1.90. The van der Waals surface area contributed by atoms with Gasteiger partial charge < -0.3 is 9.84 Å². The molecule has 106 valence electrons. The highest BCUT2D eigenvalue weighted by atomic mass is 16.5. The Bertz CT molecular complexity index is 582. The second-order valence-electron chi connectivity index (χ2n) is 5.20. The molecule has 1 aliphatic rings. The van der Waals surface area contributed by atoms with Crippen LogP contribution in [0.4, 0.5) is 0 Å². The van der Waals surface area contributed by atoms with Crippen molar-refractivity contribution in [2.24, 2.45) is 0 Å². The van der Waals surface area contributed by atoms with Crippen molar-refractivity contribution in [1.29, 1.82) is 0 Å². The molecule has 20 heavy (non-hydrogen) atoms. The zero-order chi connectivity index (χ0) is 13.9. The molecule has 2 aromatic rings. The summed E-state index contributed by atoms with van der Waals surface area (Å²) in [4.78, 5) is 6.54. The van der Waals surface area contributed by atoms with Crippen LogP contribution in [0.1, 0.15) is 18.6 Å². The fraction of sp³-hybridized carbons (Fsp3) is 0.438. The van der Waals surface area contributed by atoms with Gasteiger partial charge in [-0.3, -0.25) is 9.88 Å². The summed E-state index contributed by atoms with van der Waals surface area (Å²) in [6.07, 6.45) is 2.76. The van der Waals surface area contributed by atoms with E-state index >= 15 is 0 Å². The predicted octanol–water partition coefficient (Wildman–Crippen LogP) is 1.99. The number of fused-ring (bicyclic) bond motifs is 1. The molecule has 0 radical (unpaired) electrons. The van der Waals surface area contributed by atoms with E-state index in [2.05, 4.69) is 16.8 Å². The molecule has 1 fully saturated rings. The molecular weight excluding hydrogens is 252 g/mol. The largest absolute Gasteiger partial charge is 0.386 e. The second-order valence-corrected chi connectivity index (χ2v) is 5.20. The fourth-order valence-corrected chi connectivity index (χ4v) is 2.79. The van der Waals surface area contributed by atoms with Crippen molar-refractivity contribution in [3.63, 3.8) is 0 Å². The molecule has 0 amide bonds. The highest BCUT2D eigenvalue weighted by Gasteiger charge is 2.28. The summed E-state index contributed by atoms with van der Waals surface area (Å²) in [5, 5.41) is 12.8. The minimum absolute atomic E-state index is 0.184. The topological polar surface area (TPSA) is 45.6 Å².